The van der Waals surface area contributed by atoms with E-state index in [1.807, 2.05) is 11.9 Å². The van der Waals surface area contributed by atoms with Crippen LogP contribution in [0.4, 0.5) is 0 Å². The van der Waals surface area contributed by atoms with E-state index in [2.05, 4.69) is 22.2 Å². The fourth-order valence-electron chi connectivity index (χ4n) is 5.52. The van der Waals surface area contributed by atoms with Gasteiger partial charge in [0.2, 0.25) is 11.8 Å². The highest BCUT2D eigenvalue weighted by molar-refractivity contribution is 5.94. The molecular formula is C25H40N6O3. The van der Waals surface area contributed by atoms with Crippen LogP contribution in [0.15, 0.2) is 0 Å². The summed E-state index contributed by atoms with van der Waals surface area (Å²) in [6.07, 6.45) is 8.04. The van der Waals surface area contributed by atoms with Crippen LogP contribution < -0.4 is 5.32 Å². The van der Waals surface area contributed by atoms with Crippen LogP contribution >= 0.6 is 0 Å². The summed E-state index contributed by atoms with van der Waals surface area (Å²) in [5.41, 5.74) is 2.40. The first-order chi connectivity index (χ1) is 16.4. The Morgan fingerprint density at radius 2 is 1.74 bits per heavy atom. The van der Waals surface area contributed by atoms with Gasteiger partial charge in [-0.25, -0.2) is 0 Å². The molecule has 0 bridgehead atoms. The number of carbonyl (C=O) groups is 3. The van der Waals surface area contributed by atoms with E-state index < -0.39 is 0 Å². The molecule has 1 aromatic heterocycles. The molecule has 1 N–H and O–H groups in total. The molecular weight excluding hydrogens is 432 g/mol. The molecule has 2 saturated heterocycles. The summed E-state index contributed by atoms with van der Waals surface area (Å²) in [6, 6.07) is 0.579. The number of hydrogen-bond donors (Lipinski definition) is 1. The van der Waals surface area contributed by atoms with E-state index >= 15 is 0 Å². The third-order valence-corrected chi connectivity index (χ3v) is 7.67. The van der Waals surface area contributed by atoms with Crippen molar-refractivity contribution in [1.82, 2.24) is 29.8 Å². The number of piperidine rings is 2. The summed E-state index contributed by atoms with van der Waals surface area (Å²) >= 11 is 0. The molecule has 1 aromatic rings. The lowest BCUT2D eigenvalue weighted by Crippen LogP contribution is -2.42. The molecule has 2 fully saturated rings. The lowest BCUT2D eigenvalue weighted by molar-refractivity contribution is -0.134. The first kappa shape index (κ1) is 24.7. The number of aromatic nitrogens is 2. The van der Waals surface area contributed by atoms with E-state index in [9.17, 15) is 14.4 Å². The highest BCUT2D eigenvalue weighted by Gasteiger charge is 2.31. The van der Waals surface area contributed by atoms with Gasteiger partial charge in [0.15, 0.2) is 5.69 Å². The molecule has 188 valence electrons. The number of likely N-dealkylation sites (tertiary alicyclic amines) is 2. The van der Waals surface area contributed by atoms with Crippen LogP contribution in [-0.4, -0.2) is 87.5 Å². The first-order valence-corrected chi connectivity index (χ1v) is 13.1. The third-order valence-electron chi connectivity index (χ3n) is 7.67. The van der Waals surface area contributed by atoms with E-state index in [1.54, 1.807) is 9.58 Å². The van der Waals surface area contributed by atoms with Crippen molar-refractivity contribution in [3.05, 3.63) is 17.0 Å². The molecule has 3 aliphatic rings. The molecule has 3 aliphatic heterocycles. The molecule has 34 heavy (non-hydrogen) atoms. The number of aryl methyl sites for hydroxylation is 1. The van der Waals surface area contributed by atoms with Gasteiger partial charge in [-0.3, -0.25) is 24.0 Å². The van der Waals surface area contributed by atoms with Gasteiger partial charge in [-0.05, 0) is 45.6 Å². The average Bonchev–Trinajstić information content (AvgIpc) is 3.19. The van der Waals surface area contributed by atoms with Gasteiger partial charge < -0.3 is 15.1 Å². The predicted octanol–water partition coefficient (Wildman–Crippen LogP) is 1.70. The highest BCUT2D eigenvalue weighted by Crippen LogP contribution is 2.25. The van der Waals surface area contributed by atoms with Crippen LogP contribution in [0, 0.1) is 0 Å². The quantitative estimate of drug-likeness (QED) is 0.652. The third kappa shape index (κ3) is 5.79. The molecule has 0 radical (unpaired) electrons. The van der Waals surface area contributed by atoms with Gasteiger partial charge in [0, 0.05) is 82.9 Å². The molecule has 4 heterocycles. The molecule has 0 saturated carbocycles. The summed E-state index contributed by atoms with van der Waals surface area (Å²) in [5.74, 6) is -0.128. The smallest absolute Gasteiger partial charge is 0.274 e. The van der Waals surface area contributed by atoms with Gasteiger partial charge in [0.1, 0.15) is 0 Å². The minimum atomic E-state index is -0.0712. The summed E-state index contributed by atoms with van der Waals surface area (Å²) in [7, 11) is 1.87. The van der Waals surface area contributed by atoms with Crippen molar-refractivity contribution in [3.63, 3.8) is 0 Å². The number of nitrogens with zero attached hydrogens (tertiary/aromatic N) is 5. The number of hydrogen-bond acceptors (Lipinski definition) is 5. The van der Waals surface area contributed by atoms with Crippen LogP contribution in [0.25, 0.3) is 0 Å². The van der Waals surface area contributed by atoms with Gasteiger partial charge >= 0.3 is 0 Å². The Hall–Kier alpha value is -2.42. The van der Waals surface area contributed by atoms with E-state index in [0.717, 1.165) is 56.7 Å². The lowest BCUT2D eigenvalue weighted by Gasteiger charge is -2.33. The summed E-state index contributed by atoms with van der Waals surface area (Å²) in [4.78, 5) is 44.4. The topological polar surface area (TPSA) is 90.8 Å². The van der Waals surface area contributed by atoms with Crippen LogP contribution in [0.3, 0.4) is 0 Å². The Bertz CT molecular complexity index is 891. The summed E-state index contributed by atoms with van der Waals surface area (Å²) in [5, 5.41) is 7.51. The van der Waals surface area contributed by atoms with Crippen molar-refractivity contribution in [1.29, 1.82) is 0 Å². The van der Waals surface area contributed by atoms with Gasteiger partial charge in [-0.15, -0.1) is 0 Å². The monoisotopic (exact) mass is 472 g/mol. The predicted molar refractivity (Wildman–Crippen MR) is 129 cm³/mol. The molecule has 0 unspecified atom stereocenters. The number of rotatable bonds is 7. The van der Waals surface area contributed by atoms with E-state index in [4.69, 9.17) is 0 Å². The molecule has 9 nitrogen and oxygen atoms in total. The minimum absolute atomic E-state index is 0.0201. The van der Waals surface area contributed by atoms with Crippen molar-refractivity contribution in [2.24, 2.45) is 7.05 Å². The standard InChI is InChI=1S/C25H40N6O3/c1-19-8-4-7-13-29(19)17-12-26-22(32)9-10-23(33)31-16-11-21-20(18-31)24(27-28(21)2)25(34)30-14-5-3-6-15-30/h19H,3-18H2,1-2H3,(H,26,32)/t19-/m1/s1. The van der Waals surface area contributed by atoms with Crippen LogP contribution in [0.5, 0.6) is 0 Å². The van der Waals surface area contributed by atoms with Gasteiger partial charge in [-0.2, -0.15) is 5.10 Å². The number of nitrogens with one attached hydrogen (secondary N) is 1. The Balaban J connectivity index is 1.26. The largest absolute Gasteiger partial charge is 0.355 e. The van der Waals surface area contributed by atoms with Crippen molar-refractivity contribution >= 4 is 17.7 Å². The van der Waals surface area contributed by atoms with Gasteiger partial charge in [0.25, 0.3) is 5.91 Å². The average molecular weight is 473 g/mol. The minimum Gasteiger partial charge on any atom is -0.355 e. The van der Waals surface area contributed by atoms with Crippen LogP contribution in [0.1, 0.15) is 80.0 Å². The second-order valence-corrected chi connectivity index (χ2v) is 10.0. The number of amides is 3. The zero-order chi connectivity index (χ0) is 24.1. The summed E-state index contributed by atoms with van der Waals surface area (Å²) < 4.78 is 1.80. The van der Waals surface area contributed by atoms with Crippen LogP contribution in [-0.2, 0) is 29.6 Å². The molecule has 0 aliphatic carbocycles. The fraction of sp³-hybridized carbons (Fsp3) is 0.760. The van der Waals surface area contributed by atoms with Crippen molar-refractivity contribution in [2.45, 2.75) is 77.3 Å². The van der Waals surface area contributed by atoms with Crippen molar-refractivity contribution in [2.75, 3.05) is 39.3 Å². The van der Waals surface area contributed by atoms with Crippen molar-refractivity contribution in [3.8, 4) is 0 Å². The number of fused-ring (bicyclic) bond motifs is 1. The molecule has 4 rings (SSSR count). The SMILES string of the molecule is C[C@@H]1CCCCN1CCNC(=O)CCC(=O)N1CCc2c(c(C(=O)N3CCCCC3)nn2C)C1. The zero-order valence-corrected chi connectivity index (χ0v) is 20.9. The maximum atomic E-state index is 13.1. The normalized spacial score (nSPS) is 21.3. The summed E-state index contributed by atoms with van der Waals surface area (Å²) in [6.45, 7) is 7.38. The Labute approximate surface area is 202 Å². The molecule has 0 aromatic carbocycles. The fourth-order valence-corrected chi connectivity index (χ4v) is 5.52. The maximum Gasteiger partial charge on any atom is 0.274 e. The second kappa shape index (κ2) is 11.3. The Morgan fingerprint density at radius 1 is 0.971 bits per heavy atom. The van der Waals surface area contributed by atoms with E-state index in [1.165, 1.54) is 19.3 Å². The Morgan fingerprint density at radius 3 is 2.50 bits per heavy atom. The van der Waals surface area contributed by atoms with Crippen molar-refractivity contribution < 1.29 is 14.4 Å². The maximum absolute atomic E-state index is 13.1. The molecule has 1 atom stereocenters. The molecule has 3 amide bonds. The molecule has 0 spiro atoms. The van der Waals surface area contributed by atoms with E-state index in [-0.39, 0.29) is 30.6 Å². The van der Waals surface area contributed by atoms with E-state index in [0.29, 0.717) is 37.8 Å². The Kier molecular flexibility index (Phi) is 8.24. The molecule has 9 heteroatoms. The second-order valence-electron chi connectivity index (χ2n) is 10.0. The van der Waals surface area contributed by atoms with Gasteiger partial charge in [-0.1, -0.05) is 6.42 Å². The highest BCUT2D eigenvalue weighted by atomic mass is 16.2. The number of carbonyl (C=O) groups excluding carboxylic acids is 3. The van der Waals surface area contributed by atoms with Gasteiger partial charge in [0.05, 0.1) is 0 Å². The van der Waals surface area contributed by atoms with Crippen LogP contribution in [0.2, 0.25) is 0 Å². The lowest BCUT2D eigenvalue weighted by atomic mass is 10.0. The first-order valence-electron chi connectivity index (χ1n) is 13.1. The zero-order valence-electron chi connectivity index (χ0n) is 20.9.